The van der Waals surface area contributed by atoms with E-state index in [1.165, 1.54) is 11.8 Å². The molecule has 45 heavy (non-hydrogen) atoms. The van der Waals surface area contributed by atoms with Crippen molar-refractivity contribution in [2.24, 2.45) is 11.8 Å². The molecule has 5 atom stereocenters. The monoisotopic (exact) mass is 653 g/mol. The average molecular weight is 654 g/mol. The molecule has 6 N–H and O–H groups in total. The van der Waals surface area contributed by atoms with Gasteiger partial charge in [-0.3, -0.25) is 19.2 Å². The van der Waals surface area contributed by atoms with Crippen LogP contribution in [-0.4, -0.2) is 62.0 Å². The van der Waals surface area contributed by atoms with Gasteiger partial charge in [0.25, 0.3) is 5.91 Å². The normalized spacial score (nSPS) is 28.1. The van der Waals surface area contributed by atoms with Crippen LogP contribution in [0.5, 0.6) is 0 Å². The van der Waals surface area contributed by atoms with Gasteiger partial charge < -0.3 is 31.1 Å². The van der Waals surface area contributed by atoms with E-state index in [4.69, 9.17) is 0 Å². The summed E-state index contributed by atoms with van der Waals surface area (Å²) in [5, 5.41) is 30.7. The number of H-pyrrole nitrogens is 1. The van der Waals surface area contributed by atoms with Gasteiger partial charge in [-0.15, -0.1) is 0 Å². The van der Waals surface area contributed by atoms with Gasteiger partial charge in [0, 0.05) is 53.2 Å². The number of amides is 2. The number of nitrogens with one attached hydrogen (secondary N) is 4. The van der Waals surface area contributed by atoms with Crippen LogP contribution in [0.4, 0.5) is 0 Å². The molecule has 0 aliphatic carbocycles. The Balaban J connectivity index is 1.50. The van der Waals surface area contributed by atoms with Crippen molar-refractivity contribution in [2.75, 3.05) is 5.75 Å². The van der Waals surface area contributed by atoms with Gasteiger partial charge in [0.05, 0.1) is 12.0 Å². The number of aromatic nitrogens is 1. The maximum atomic E-state index is 12.6. The number of rotatable bonds is 12. The van der Waals surface area contributed by atoms with Crippen LogP contribution >= 0.6 is 12.6 Å². The SMILES string of the molecule is CC1=C(CCC(=O)O)/C(=C\c2[nH]c(/C=C3\NC(=O)[C@H](C)[C@H]3[C@@H]3C[SH+]3)c(C)c2CCC(=O)O)NC1C[C@H]1NC(=O)C(/C=C\S)=C1C. The molecule has 0 bridgehead atoms. The topological polar surface area (TPSA) is 161 Å². The molecule has 0 aromatic carbocycles. The third-order valence-corrected chi connectivity index (χ3v) is 10.7. The molecule has 2 fully saturated rings. The second-order valence-corrected chi connectivity index (χ2v) is 14.0. The van der Waals surface area contributed by atoms with Gasteiger partial charge >= 0.3 is 11.9 Å². The van der Waals surface area contributed by atoms with E-state index < -0.39 is 11.9 Å². The lowest BCUT2D eigenvalue weighted by Crippen LogP contribution is -2.36. The lowest BCUT2D eigenvalue weighted by atomic mass is 9.91. The molecule has 5 rings (SSSR count). The highest BCUT2D eigenvalue weighted by atomic mass is 32.2. The Kier molecular flexibility index (Phi) is 9.74. The predicted molar refractivity (Wildman–Crippen MR) is 180 cm³/mol. The minimum Gasteiger partial charge on any atom is -0.481 e. The van der Waals surface area contributed by atoms with Crippen molar-refractivity contribution in [1.82, 2.24) is 20.9 Å². The van der Waals surface area contributed by atoms with E-state index in [1.807, 2.05) is 39.8 Å². The van der Waals surface area contributed by atoms with Gasteiger partial charge in [0.2, 0.25) is 5.91 Å². The summed E-state index contributed by atoms with van der Waals surface area (Å²) >= 11 is 5.47. The van der Waals surface area contributed by atoms with Crippen LogP contribution in [0.3, 0.4) is 0 Å². The Morgan fingerprint density at radius 2 is 1.64 bits per heavy atom. The quantitative estimate of drug-likeness (QED) is 0.103. The number of carboxylic acids is 2. The zero-order valence-corrected chi connectivity index (χ0v) is 27.6. The third kappa shape index (κ3) is 6.96. The molecule has 0 saturated carbocycles. The third-order valence-electron chi connectivity index (χ3n) is 9.47. The smallest absolute Gasteiger partial charge is 0.303 e. The molecule has 1 aromatic rings. The van der Waals surface area contributed by atoms with E-state index in [0.29, 0.717) is 30.1 Å². The fourth-order valence-electron chi connectivity index (χ4n) is 6.73. The van der Waals surface area contributed by atoms with Crippen LogP contribution in [-0.2, 0) is 37.4 Å². The number of carbonyl (C=O) groups excluding carboxylic acids is 2. The molecule has 2 amide bonds. The molecular formula is C33H41N4O6S2+. The van der Waals surface area contributed by atoms with Crippen molar-refractivity contribution < 1.29 is 29.4 Å². The minimum absolute atomic E-state index is 0.0215. The highest BCUT2D eigenvalue weighted by Gasteiger charge is 2.52. The van der Waals surface area contributed by atoms with Crippen molar-refractivity contribution in [3.05, 3.63) is 67.7 Å². The average Bonchev–Trinajstić information content (AvgIpc) is 3.56. The Labute approximate surface area is 272 Å². The second kappa shape index (κ2) is 13.4. The summed E-state index contributed by atoms with van der Waals surface area (Å²) in [6.45, 7) is 7.84. The maximum absolute atomic E-state index is 12.6. The zero-order valence-electron chi connectivity index (χ0n) is 25.9. The van der Waals surface area contributed by atoms with Crippen molar-refractivity contribution in [3.8, 4) is 0 Å². The predicted octanol–water partition coefficient (Wildman–Crippen LogP) is 3.40. The van der Waals surface area contributed by atoms with Crippen molar-refractivity contribution in [3.63, 3.8) is 0 Å². The summed E-state index contributed by atoms with van der Waals surface area (Å²) in [6.07, 6.45) is 6.75. The number of thiol groups is 2. The number of hydrogen-bond acceptors (Lipinski definition) is 6. The minimum atomic E-state index is -0.898. The zero-order chi connectivity index (χ0) is 32.6. The molecule has 1 aromatic heterocycles. The summed E-state index contributed by atoms with van der Waals surface area (Å²) < 4.78 is 0. The van der Waals surface area contributed by atoms with Crippen molar-refractivity contribution >= 4 is 60.3 Å². The summed E-state index contributed by atoms with van der Waals surface area (Å²) in [5.74, 6) is -0.805. The first-order chi connectivity index (χ1) is 21.4. The van der Waals surface area contributed by atoms with E-state index in [0.717, 1.165) is 56.4 Å². The standard InChI is InChI=1S/C33H40N4O6S2/c1-15-19(5-7-29(38)39)25(34-22(15)11-24-17(3)21(9-10-44)33(43)36-24)13-26-20(6-8-30(40)41)16(2)23(35-26)12-27-31(28-14-45-28)18(4)32(42)37-27/h9-10,12-13,18,22,24,28,31,34-35,44H,5-8,11,14H2,1-4H3,(H,36,43)(H,37,42)(H,38,39)(H,40,41)/p+1/b10-9-,25-13+,27-12-/t18-,22?,24-,28+,31-/m1/s1. The number of aliphatic carboxylic acids is 2. The van der Waals surface area contributed by atoms with Crippen LogP contribution in [0.2, 0.25) is 0 Å². The first kappa shape index (κ1) is 32.7. The highest BCUT2D eigenvalue weighted by Crippen LogP contribution is 2.39. The van der Waals surface area contributed by atoms with E-state index in [-0.39, 0.29) is 48.6 Å². The number of allylic oxidation sites excluding steroid dienone is 2. The Morgan fingerprint density at radius 3 is 2.29 bits per heavy atom. The van der Waals surface area contributed by atoms with Gasteiger partial charge in [0.15, 0.2) is 11.0 Å². The molecular weight excluding hydrogens is 613 g/mol. The van der Waals surface area contributed by atoms with E-state index in [2.05, 4.69) is 33.6 Å². The number of hydrogen-bond donors (Lipinski definition) is 7. The number of carboxylic acid groups (broad SMARTS) is 2. The molecule has 240 valence electrons. The van der Waals surface area contributed by atoms with Crippen LogP contribution in [0.1, 0.15) is 69.0 Å². The summed E-state index contributed by atoms with van der Waals surface area (Å²) in [4.78, 5) is 51.8. The highest BCUT2D eigenvalue weighted by molar-refractivity contribution is 7.86. The molecule has 10 nitrogen and oxygen atoms in total. The van der Waals surface area contributed by atoms with E-state index in [1.54, 1.807) is 11.5 Å². The van der Waals surface area contributed by atoms with Gasteiger partial charge in [-0.25, -0.2) is 0 Å². The van der Waals surface area contributed by atoms with Gasteiger partial charge in [-0.1, -0.05) is 6.92 Å². The molecule has 1 unspecified atom stereocenters. The van der Waals surface area contributed by atoms with Gasteiger partial charge in [-0.05, 0) is 103 Å². The number of aromatic amines is 1. The molecule has 5 heterocycles. The molecule has 4 aliphatic rings. The summed E-state index contributed by atoms with van der Waals surface area (Å²) in [7, 11) is 0. The largest absolute Gasteiger partial charge is 0.481 e. The van der Waals surface area contributed by atoms with Crippen LogP contribution in [0, 0.1) is 18.8 Å². The van der Waals surface area contributed by atoms with Crippen molar-refractivity contribution in [1.29, 1.82) is 0 Å². The van der Waals surface area contributed by atoms with E-state index in [9.17, 15) is 29.4 Å². The molecule has 0 spiro atoms. The van der Waals surface area contributed by atoms with Crippen LogP contribution < -0.4 is 16.0 Å². The number of carbonyl (C=O) groups is 4. The Bertz CT molecular complexity index is 1600. The Morgan fingerprint density at radius 1 is 0.978 bits per heavy atom. The molecule has 2 saturated heterocycles. The first-order valence-corrected chi connectivity index (χ1v) is 16.9. The fourth-order valence-corrected chi connectivity index (χ4v) is 7.87. The lowest BCUT2D eigenvalue weighted by Gasteiger charge is -2.20. The molecule has 4 aliphatic heterocycles. The maximum Gasteiger partial charge on any atom is 0.303 e. The van der Waals surface area contributed by atoms with Crippen LogP contribution in [0.25, 0.3) is 12.2 Å². The van der Waals surface area contributed by atoms with Crippen molar-refractivity contribution in [2.45, 2.75) is 77.1 Å². The Hall–Kier alpha value is -3.64. The summed E-state index contributed by atoms with van der Waals surface area (Å²) in [6, 6.07) is -0.335. The second-order valence-electron chi connectivity index (χ2n) is 12.3. The molecule has 0 radical (unpaired) electrons. The lowest BCUT2D eigenvalue weighted by molar-refractivity contribution is -0.138. The van der Waals surface area contributed by atoms with E-state index >= 15 is 0 Å². The first-order valence-electron chi connectivity index (χ1n) is 15.2. The fraction of sp³-hybridized carbons (Fsp3) is 0.455. The van der Waals surface area contributed by atoms with Crippen LogP contribution in [0.15, 0.2) is 45.2 Å². The molecule has 12 heteroatoms. The summed E-state index contributed by atoms with van der Waals surface area (Å²) in [5.41, 5.74) is 8.43. The van der Waals surface area contributed by atoms with Gasteiger partial charge in [-0.2, -0.15) is 12.6 Å². The van der Waals surface area contributed by atoms with Gasteiger partial charge in [0.1, 0.15) is 0 Å².